The third-order valence-electron chi connectivity index (χ3n) is 2.89. The lowest BCUT2D eigenvalue weighted by Gasteiger charge is -2.09. The number of amides is 1. The number of carbonyl (C=O) groups is 1. The first-order chi connectivity index (χ1) is 7.34. The van der Waals surface area contributed by atoms with E-state index < -0.39 is 0 Å². The van der Waals surface area contributed by atoms with Gasteiger partial charge in [0, 0.05) is 25.1 Å². The molecule has 0 radical (unpaired) electrons. The Morgan fingerprint density at radius 1 is 1.27 bits per heavy atom. The number of hydrogen-bond donors (Lipinski definition) is 2. The summed E-state index contributed by atoms with van der Waals surface area (Å²) in [6.45, 7) is 2.63. The first-order valence-electron chi connectivity index (χ1n) is 5.95. The highest BCUT2D eigenvalue weighted by Crippen LogP contribution is 2.18. The molecular weight excluding hydrogens is 192 g/mol. The van der Waals surface area contributed by atoms with Crippen LogP contribution in [0.25, 0.3) is 0 Å². The normalized spacial score (nSPS) is 25.5. The highest BCUT2D eigenvalue weighted by molar-refractivity contribution is 5.76. The fourth-order valence-corrected chi connectivity index (χ4v) is 1.78. The van der Waals surface area contributed by atoms with Crippen molar-refractivity contribution < 1.29 is 9.53 Å². The van der Waals surface area contributed by atoms with Gasteiger partial charge in [0.25, 0.3) is 0 Å². The highest BCUT2D eigenvalue weighted by Gasteiger charge is 2.22. The third-order valence-corrected chi connectivity index (χ3v) is 2.89. The molecule has 0 aromatic rings. The predicted octanol–water partition coefficient (Wildman–Crippen LogP) is 0.424. The molecule has 15 heavy (non-hydrogen) atoms. The summed E-state index contributed by atoms with van der Waals surface area (Å²) in [4.78, 5) is 11.3. The summed E-state index contributed by atoms with van der Waals surface area (Å²) in [5, 5.41) is 6.39. The monoisotopic (exact) mass is 212 g/mol. The molecular formula is C11H20N2O2. The SMILES string of the molecule is O=C(CCCNC1CCOC1)NC1CC1. The lowest BCUT2D eigenvalue weighted by Crippen LogP contribution is -2.31. The maximum Gasteiger partial charge on any atom is 0.220 e. The van der Waals surface area contributed by atoms with Gasteiger partial charge in [0.15, 0.2) is 0 Å². The minimum Gasteiger partial charge on any atom is -0.380 e. The van der Waals surface area contributed by atoms with E-state index in [9.17, 15) is 4.79 Å². The van der Waals surface area contributed by atoms with E-state index in [-0.39, 0.29) is 5.91 Å². The molecule has 2 fully saturated rings. The van der Waals surface area contributed by atoms with Gasteiger partial charge in [-0.05, 0) is 32.2 Å². The second-order valence-corrected chi connectivity index (χ2v) is 4.46. The first-order valence-corrected chi connectivity index (χ1v) is 5.95. The summed E-state index contributed by atoms with van der Waals surface area (Å²) in [6, 6.07) is 1.00. The number of carbonyl (C=O) groups excluding carboxylic acids is 1. The molecule has 1 saturated heterocycles. The summed E-state index contributed by atoms with van der Waals surface area (Å²) in [6.07, 6.45) is 5.02. The Bertz CT molecular complexity index is 211. The molecule has 86 valence electrons. The molecule has 1 aliphatic heterocycles. The van der Waals surface area contributed by atoms with Crippen LogP contribution in [0.1, 0.15) is 32.1 Å². The molecule has 1 heterocycles. The number of ether oxygens (including phenoxy) is 1. The van der Waals surface area contributed by atoms with Crippen molar-refractivity contribution in [2.75, 3.05) is 19.8 Å². The molecule has 1 amide bonds. The van der Waals surface area contributed by atoms with Gasteiger partial charge in [-0.15, -0.1) is 0 Å². The second-order valence-electron chi connectivity index (χ2n) is 4.46. The summed E-state index contributed by atoms with van der Waals surface area (Å²) in [7, 11) is 0. The zero-order valence-electron chi connectivity index (χ0n) is 9.13. The van der Waals surface area contributed by atoms with E-state index in [0.29, 0.717) is 18.5 Å². The van der Waals surface area contributed by atoms with Crippen LogP contribution >= 0.6 is 0 Å². The van der Waals surface area contributed by atoms with E-state index in [1.807, 2.05) is 0 Å². The molecule has 0 bridgehead atoms. The van der Waals surface area contributed by atoms with Gasteiger partial charge >= 0.3 is 0 Å². The Labute approximate surface area is 90.8 Å². The van der Waals surface area contributed by atoms with Crippen LogP contribution in [0.2, 0.25) is 0 Å². The summed E-state index contributed by atoms with van der Waals surface area (Å²) in [5.74, 6) is 0.210. The van der Waals surface area contributed by atoms with E-state index >= 15 is 0 Å². The lowest BCUT2D eigenvalue weighted by molar-refractivity contribution is -0.121. The minimum atomic E-state index is 0.210. The molecule has 0 aromatic carbocycles. The molecule has 0 spiro atoms. The zero-order valence-corrected chi connectivity index (χ0v) is 9.13. The summed E-state index contributed by atoms with van der Waals surface area (Å²) >= 11 is 0. The van der Waals surface area contributed by atoms with Gasteiger partial charge in [0.05, 0.1) is 6.61 Å². The Morgan fingerprint density at radius 2 is 2.13 bits per heavy atom. The fraction of sp³-hybridized carbons (Fsp3) is 0.909. The van der Waals surface area contributed by atoms with Gasteiger partial charge < -0.3 is 15.4 Å². The van der Waals surface area contributed by atoms with Crippen LogP contribution in [0.15, 0.2) is 0 Å². The van der Waals surface area contributed by atoms with E-state index in [2.05, 4.69) is 10.6 Å². The smallest absolute Gasteiger partial charge is 0.220 e. The van der Waals surface area contributed by atoms with E-state index in [1.165, 1.54) is 12.8 Å². The highest BCUT2D eigenvalue weighted by atomic mass is 16.5. The van der Waals surface area contributed by atoms with Gasteiger partial charge in [-0.25, -0.2) is 0 Å². The van der Waals surface area contributed by atoms with Crippen molar-refractivity contribution in [3.05, 3.63) is 0 Å². The van der Waals surface area contributed by atoms with Crippen molar-refractivity contribution >= 4 is 5.91 Å². The lowest BCUT2D eigenvalue weighted by atomic mass is 10.2. The van der Waals surface area contributed by atoms with Crippen LogP contribution in [0.3, 0.4) is 0 Å². The molecule has 4 heteroatoms. The molecule has 4 nitrogen and oxygen atoms in total. The fourth-order valence-electron chi connectivity index (χ4n) is 1.78. The summed E-state index contributed by atoms with van der Waals surface area (Å²) < 4.78 is 5.25. The van der Waals surface area contributed by atoms with Gasteiger partial charge in [0.1, 0.15) is 0 Å². The van der Waals surface area contributed by atoms with Gasteiger partial charge in [-0.2, -0.15) is 0 Å². The molecule has 1 aliphatic carbocycles. The molecule has 2 rings (SSSR count). The number of hydrogen-bond acceptors (Lipinski definition) is 3. The predicted molar refractivity (Wildman–Crippen MR) is 57.6 cm³/mol. The first kappa shape index (κ1) is 10.9. The second kappa shape index (κ2) is 5.47. The molecule has 1 atom stereocenters. The minimum absolute atomic E-state index is 0.210. The summed E-state index contributed by atoms with van der Waals surface area (Å²) in [5.41, 5.74) is 0. The van der Waals surface area contributed by atoms with Crippen molar-refractivity contribution in [3.63, 3.8) is 0 Å². The van der Waals surface area contributed by atoms with Crippen LogP contribution in [0.4, 0.5) is 0 Å². The van der Waals surface area contributed by atoms with Crippen molar-refractivity contribution in [1.82, 2.24) is 10.6 Å². The Kier molecular flexibility index (Phi) is 3.97. The quantitative estimate of drug-likeness (QED) is 0.628. The molecule has 0 aromatic heterocycles. The van der Waals surface area contributed by atoms with Crippen molar-refractivity contribution in [1.29, 1.82) is 0 Å². The van der Waals surface area contributed by atoms with Crippen LogP contribution < -0.4 is 10.6 Å². The average Bonchev–Trinajstić information content (AvgIpc) is 2.87. The number of nitrogens with one attached hydrogen (secondary N) is 2. The molecule has 1 saturated carbocycles. The van der Waals surface area contributed by atoms with Crippen molar-refractivity contribution in [2.45, 2.75) is 44.2 Å². The largest absolute Gasteiger partial charge is 0.380 e. The van der Waals surface area contributed by atoms with Gasteiger partial charge in [-0.1, -0.05) is 0 Å². The third kappa shape index (κ3) is 4.18. The molecule has 1 unspecified atom stereocenters. The Hall–Kier alpha value is -0.610. The molecule has 2 N–H and O–H groups in total. The topological polar surface area (TPSA) is 50.4 Å². The maximum atomic E-state index is 11.3. The van der Waals surface area contributed by atoms with Crippen molar-refractivity contribution in [3.8, 4) is 0 Å². The Balaban J connectivity index is 1.44. The van der Waals surface area contributed by atoms with E-state index in [1.54, 1.807) is 0 Å². The van der Waals surface area contributed by atoms with Crippen LogP contribution in [-0.2, 0) is 9.53 Å². The van der Waals surface area contributed by atoms with Gasteiger partial charge in [0.2, 0.25) is 5.91 Å². The van der Waals surface area contributed by atoms with Crippen molar-refractivity contribution in [2.24, 2.45) is 0 Å². The zero-order chi connectivity index (χ0) is 10.5. The molecule has 2 aliphatic rings. The maximum absolute atomic E-state index is 11.3. The van der Waals surface area contributed by atoms with Crippen LogP contribution in [-0.4, -0.2) is 37.7 Å². The number of rotatable bonds is 6. The average molecular weight is 212 g/mol. The Morgan fingerprint density at radius 3 is 2.80 bits per heavy atom. The van der Waals surface area contributed by atoms with E-state index in [4.69, 9.17) is 4.74 Å². The van der Waals surface area contributed by atoms with Crippen LogP contribution in [0.5, 0.6) is 0 Å². The standard InChI is InChI=1S/C11H20N2O2/c14-11(13-9-3-4-9)2-1-6-12-10-5-7-15-8-10/h9-10,12H,1-8H2,(H,13,14). The van der Waals surface area contributed by atoms with Gasteiger partial charge in [-0.3, -0.25) is 4.79 Å². The van der Waals surface area contributed by atoms with Crippen LogP contribution in [0, 0.1) is 0 Å². The van der Waals surface area contributed by atoms with E-state index in [0.717, 1.165) is 32.6 Å².